The molecule has 0 N–H and O–H groups in total. The first-order valence-electron chi connectivity index (χ1n) is 5.86. The van der Waals surface area contributed by atoms with E-state index < -0.39 is 0 Å². The molecule has 1 aromatic carbocycles. The minimum Gasteiger partial charge on any atom is -0.447 e. The van der Waals surface area contributed by atoms with Gasteiger partial charge in [-0.15, -0.1) is 0 Å². The zero-order chi connectivity index (χ0) is 11.0. The van der Waals surface area contributed by atoms with E-state index in [2.05, 4.69) is 12.1 Å². The third kappa shape index (κ3) is 1.47. The SMILES string of the molecule is O=C1OC[C@H]2CCC[C@H](c3ccccc3)N12. The van der Waals surface area contributed by atoms with Crippen LogP contribution in [0, 0.1) is 0 Å². The predicted molar refractivity (Wildman–Crippen MR) is 60.0 cm³/mol. The van der Waals surface area contributed by atoms with Gasteiger partial charge in [0.05, 0.1) is 12.1 Å². The van der Waals surface area contributed by atoms with Crippen LogP contribution in [0.3, 0.4) is 0 Å². The van der Waals surface area contributed by atoms with E-state index in [1.54, 1.807) is 0 Å². The van der Waals surface area contributed by atoms with Crippen LogP contribution in [0.15, 0.2) is 30.3 Å². The Bertz CT molecular complexity index is 390. The number of hydrogen-bond donors (Lipinski definition) is 0. The molecule has 0 aliphatic carbocycles. The number of rotatable bonds is 1. The van der Waals surface area contributed by atoms with Crippen molar-refractivity contribution in [2.45, 2.75) is 31.3 Å². The van der Waals surface area contributed by atoms with E-state index in [4.69, 9.17) is 4.74 Å². The van der Waals surface area contributed by atoms with Gasteiger partial charge >= 0.3 is 6.09 Å². The highest BCUT2D eigenvalue weighted by molar-refractivity contribution is 5.71. The molecular formula is C13H15NO2. The van der Waals surface area contributed by atoms with Crippen molar-refractivity contribution in [2.24, 2.45) is 0 Å². The zero-order valence-electron chi connectivity index (χ0n) is 9.13. The van der Waals surface area contributed by atoms with Gasteiger partial charge in [-0.3, -0.25) is 4.90 Å². The highest BCUT2D eigenvalue weighted by Crippen LogP contribution is 2.37. The smallest absolute Gasteiger partial charge is 0.410 e. The molecule has 2 aliphatic heterocycles. The van der Waals surface area contributed by atoms with Crippen LogP contribution in [-0.2, 0) is 4.74 Å². The Morgan fingerprint density at radius 1 is 1.19 bits per heavy atom. The molecule has 16 heavy (non-hydrogen) atoms. The first-order valence-corrected chi connectivity index (χ1v) is 5.86. The van der Waals surface area contributed by atoms with Gasteiger partial charge in [-0.25, -0.2) is 4.79 Å². The van der Waals surface area contributed by atoms with Gasteiger partial charge in [0, 0.05) is 0 Å². The number of carbonyl (C=O) groups excluding carboxylic acids is 1. The van der Waals surface area contributed by atoms with Crippen molar-refractivity contribution in [2.75, 3.05) is 6.61 Å². The van der Waals surface area contributed by atoms with Crippen molar-refractivity contribution in [1.82, 2.24) is 4.90 Å². The van der Waals surface area contributed by atoms with Gasteiger partial charge in [0.25, 0.3) is 0 Å². The minimum atomic E-state index is -0.140. The molecule has 1 amide bonds. The lowest BCUT2D eigenvalue weighted by Gasteiger charge is -2.35. The maximum Gasteiger partial charge on any atom is 0.410 e. The molecule has 2 atom stereocenters. The molecule has 3 rings (SSSR count). The van der Waals surface area contributed by atoms with Crippen LogP contribution in [0.1, 0.15) is 30.9 Å². The van der Waals surface area contributed by atoms with E-state index in [-0.39, 0.29) is 12.1 Å². The fourth-order valence-corrected chi connectivity index (χ4v) is 2.76. The molecule has 0 aromatic heterocycles. The van der Waals surface area contributed by atoms with Gasteiger partial charge in [0.2, 0.25) is 0 Å². The summed E-state index contributed by atoms with van der Waals surface area (Å²) in [6, 6.07) is 10.8. The van der Waals surface area contributed by atoms with Crippen LogP contribution >= 0.6 is 0 Å². The fourth-order valence-electron chi connectivity index (χ4n) is 2.76. The average molecular weight is 217 g/mol. The third-order valence-electron chi connectivity index (χ3n) is 3.54. The molecule has 1 aromatic rings. The number of cyclic esters (lactones) is 1. The van der Waals surface area contributed by atoms with E-state index in [1.807, 2.05) is 23.1 Å². The van der Waals surface area contributed by atoms with Crippen molar-refractivity contribution in [1.29, 1.82) is 0 Å². The standard InChI is InChI=1S/C13H15NO2/c15-13-14-11(9-16-13)7-4-8-12(14)10-5-2-1-3-6-10/h1-3,5-6,11-12H,4,7-9H2/t11-,12-/m1/s1. The summed E-state index contributed by atoms with van der Waals surface area (Å²) < 4.78 is 5.14. The molecule has 0 bridgehead atoms. The second-order valence-electron chi connectivity index (χ2n) is 4.50. The maximum absolute atomic E-state index is 11.7. The Labute approximate surface area is 95.0 Å². The molecule has 0 spiro atoms. The second kappa shape index (κ2) is 3.81. The van der Waals surface area contributed by atoms with Crippen molar-refractivity contribution in [3.8, 4) is 0 Å². The molecule has 2 saturated heterocycles. The maximum atomic E-state index is 11.7. The van der Waals surface area contributed by atoms with Gasteiger partial charge < -0.3 is 4.74 Å². The Morgan fingerprint density at radius 3 is 2.81 bits per heavy atom. The lowest BCUT2D eigenvalue weighted by atomic mass is 9.92. The summed E-state index contributed by atoms with van der Waals surface area (Å²) in [6.07, 6.45) is 3.17. The number of hydrogen-bond acceptors (Lipinski definition) is 2. The Kier molecular flexibility index (Phi) is 2.31. The Balaban J connectivity index is 1.92. The van der Waals surface area contributed by atoms with Gasteiger partial charge in [-0.05, 0) is 24.8 Å². The lowest BCUT2D eigenvalue weighted by Crippen LogP contribution is -2.40. The molecule has 2 fully saturated rings. The van der Waals surface area contributed by atoms with Crippen molar-refractivity contribution >= 4 is 6.09 Å². The Morgan fingerprint density at radius 2 is 2.00 bits per heavy atom. The molecule has 3 heteroatoms. The van der Waals surface area contributed by atoms with Crippen LogP contribution in [0.25, 0.3) is 0 Å². The van der Waals surface area contributed by atoms with Gasteiger partial charge in [-0.2, -0.15) is 0 Å². The molecule has 3 nitrogen and oxygen atoms in total. The topological polar surface area (TPSA) is 29.5 Å². The quantitative estimate of drug-likeness (QED) is 0.723. The molecular weight excluding hydrogens is 202 g/mol. The van der Waals surface area contributed by atoms with Crippen molar-refractivity contribution < 1.29 is 9.53 Å². The number of amides is 1. The highest BCUT2D eigenvalue weighted by atomic mass is 16.6. The van der Waals surface area contributed by atoms with Gasteiger partial charge in [0.15, 0.2) is 0 Å². The van der Waals surface area contributed by atoms with Crippen LogP contribution in [0.2, 0.25) is 0 Å². The largest absolute Gasteiger partial charge is 0.447 e. The summed E-state index contributed by atoms with van der Waals surface area (Å²) in [5.74, 6) is 0. The normalized spacial score (nSPS) is 28.8. The van der Waals surface area contributed by atoms with Crippen LogP contribution < -0.4 is 0 Å². The summed E-state index contributed by atoms with van der Waals surface area (Å²) >= 11 is 0. The summed E-state index contributed by atoms with van der Waals surface area (Å²) in [6.45, 7) is 0.572. The second-order valence-corrected chi connectivity index (χ2v) is 4.50. The Hall–Kier alpha value is -1.51. The van der Waals surface area contributed by atoms with Gasteiger partial charge in [0.1, 0.15) is 6.61 Å². The van der Waals surface area contributed by atoms with E-state index in [0.717, 1.165) is 12.8 Å². The summed E-state index contributed by atoms with van der Waals surface area (Å²) in [4.78, 5) is 13.6. The number of benzene rings is 1. The molecule has 2 heterocycles. The number of fused-ring (bicyclic) bond motifs is 1. The highest BCUT2D eigenvalue weighted by Gasteiger charge is 2.40. The van der Waals surface area contributed by atoms with E-state index in [1.165, 1.54) is 12.0 Å². The summed E-state index contributed by atoms with van der Waals surface area (Å²) in [5, 5.41) is 0. The summed E-state index contributed by atoms with van der Waals surface area (Å²) in [7, 11) is 0. The van der Waals surface area contributed by atoms with Crippen LogP contribution in [0.4, 0.5) is 4.79 Å². The number of nitrogens with zero attached hydrogens (tertiary/aromatic N) is 1. The fraction of sp³-hybridized carbons (Fsp3) is 0.462. The zero-order valence-corrected chi connectivity index (χ0v) is 9.13. The van der Waals surface area contributed by atoms with Gasteiger partial charge in [-0.1, -0.05) is 30.3 Å². The number of piperidine rings is 1. The molecule has 0 unspecified atom stereocenters. The van der Waals surface area contributed by atoms with Crippen molar-refractivity contribution in [3.63, 3.8) is 0 Å². The third-order valence-corrected chi connectivity index (χ3v) is 3.54. The average Bonchev–Trinajstić information content (AvgIpc) is 2.73. The first kappa shape index (κ1) is 9.70. The van der Waals surface area contributed by atoms with Crippen LogP contribution in [0.5, 0.6) is 0 Å². The number of ether oxygens (including phenoxy) is 1. The lowest BCUT2D eigenvalue weighted by molar-refractivity contribution is 0.128. The van der Waals surface area contributed by atoms with E-state index in [0.29, 0.717) is 12.6 Å². The molecule has 0 saturated carbocycles. The molecule has 0 radical (unpaired) electrons. The van der Waals surface area contributed by atoms with Crippen LogP contribution in [-0.4, -0.2) is 23.6 Å². The van der Waals surface area contributed by atoms with E-state index in [9.17, 15) is 4.79 Å². The summed E-state index contributed by atoms with van der Waals surface area (Å²) in [5.41, 5.74) is 1.23. The predicted octanol–water partition coefficient (Wildman–Crippen LogP) is 2.73. The van der Waals surface area contributed by atoms with E-state index >= 15 is 0 Å². The molecule has 2 aliphatic rings. The number of carbonyl (C=O) groups is 1. The molecule has 84 valence electrons. The first-order chi connectivity index (χ1) is 7.86. The van der Waals surface area contributed by atoms with Crippen molar-refractivity contribution in [3.05, 3.63) is 35.9 Å². The monoisotopic (exact) mass is 217 g/mol. The minimum absolute atomic E-state index is 0.140.